The van der Waals surface area contributed by atoms with Crippen molar-refractivity contribution in [3.05, 3.63) is 35.4 Å². The second-order valence-electron chi connectivity index (χ2n) is 5.00. The molecule has 0 nitrogen and oxygen atoms in total. The summed E-state index contributed by atoms with van der Waals surface area (Å²) in [6.45, 7) is 4.30. The highest BCUT2D eigenvalue weighted by molar-refractivity contribution is 9.09. The highest BCUT2D eigenvalue weighted by Gasteiger charge is 2.27. The van der Waals surface area contributed by atoms with Crippen LogP contribution < -0.4 is 0 Å². The fourth-order valence-corrected chi connectivity index (χ4v) is 3.09. The Morgan fingerprint density at radius 2 is 1.94 bits per heavy atom. The second kappa shape index (κ2) is 7.22. The summed E-state index contributed by atoms with van der Waals surface area (Å²) in [5, 5.41) is 0.854. The van der Waals surface area contributed by atoms with Crippen LogP contribution in [0.4, 0.5) is 8.78 Å². The molecule has 1 unspecified atom stereocenters. The maximum atomic E-state index is 13.7. The number of rotatable bonds is 7. The van der Waals surface area contributed by atoms with E-state index in [2.05, 4.69) is 29.8 Å². The molecule has 0 saturated carbocycles. The van der Waals surface area contributed by atoms with Crippen LogP contribution in [-0.2, 0) is 6.42 Å². The van der Waals surface area contributed by atoms with Crippen molar-refractivity contribution < 1.29 is 8.78 Å². The van der Waals surface area contributed by atoms with Crippen LogP contribution in [0.2, 0.25) is 0 Å². The summed E-state index contributed by atoms with van der Waals surface area (Å²) in [5.74, 6) is -0.934. The van der Waals surface area contributed by atoms with Crippen LogP contribution in [-0.4, -0.2) is 5.33 Å². The number of benzene rings is 1. The third-order valence-corrected chi connectivity index (χ3v) is 4.86. The van der Waals surface area contributed by atoms with E-state index in [0.29, 0.717) is 12.0 Å². The molecule has 0 radical (unpaired) electrons. The van der Waals surface area contributed by atoms with Crippen molar-refractivity contribution in [1.82, 2.24) is 0 Å². The van der Waals surface area contributed by atoms with Gasteiger partial charge in [0.1, 0.15) is 11.6 Å². The van der Waals surface area contributed by atoms with Crippen LogP contribution >= 0.6 is 15.9 Å². The monoisotopic (exact) mass is 318 g/mol. The summed E-state index contributed by atoms with van der Waals surface area (Å²) in [6.07, 6.45) is 5.01. The Hall–Kier alpha value is -0.440. The number of hydrogen-bond acceptors (Lipinski definition) is 0. The van der Waals surface area contributed by atoms with Crippen LogP contribution in [0, 0.1) is 17.0 Å². The topological polar surface area (TPSA) is 0 Å². The van der Waals surface area contributed by atoms with Crippen molar-refractivity contribution in [1.29, 1.82) is 0 Å². The zero-order valence-corrected chi connectivity index (χ0v) is 12.7. The largest absolute Gasteiger partial charge is 0.207 e. The van der Waals surface area contributed by atoms with Crippen LogP contribution in [0.5, 0.6) is 0 Å². The first-order valence-electron chi connectivity index (χ1n) is 6.57. The average molecular weight is 319 g/mol. The highest BCUT2D eigenvalue weighted by Crippen LogP contribution is 2.35. The molecule has 0 heterocycles. The third-order valence-electron chi connectivity index (χ3n) is 3.67. The molecule has 0 amide bonds. The first-order valence-corrected chi connectivity index (χ1v) is 7.69. The molecule has 1 aromatic carbocycles. The van der Waals surface area contributed by atoms with Crippen LogP contribution in [0.3, 0.4) is 0 Å². The smallest absolute Gasteiger partial charge is 0.129 e. The Labute approximate surface area is 117 Å². The lowest BCUT2D eigenvalue weighted by Gasteiger charge is -2.31. The van der Waals surface area contributed by atoms with Gasteiger partial charge in [-0.15, -0.1) is 0 Å². The first kappa shape index (κ1) is 15.6. The Kier molecular flexibility index (Phi) is 6.27. The number of alkyl halides is 1. The standard InChI is InChI=1S/C15H21BrF2/c1-3-5-8-15(4-2,11-16)10-12-6-7-13(17)9-14(12)18/h6-7,9H,3-5,8,10-11H2,1-2H3. The molecule has 1 aromatic rings. The van der Waals surface area contributed by atoms with Crippen molar-refractivity contribution >= 4 is 15.9 Å². The molecule has 0 N–H and O–H groups in total. The Bertz CT molecular complexity index is 373. The minimum Gasteiger partial charge on any atom is -0.207 e. The van der Waals surface area contributed by atoms with Gasteiger partial charge in [-0.1, -0.05) is 48.7 Å². The number of unbranched alkanes of at least 4 members (excludes halogenated alkanes) is 1. The van der Waals surface area contributed by atoms with E-state index in [1.165, 1.54) is 6.07 Å². The summed E-state index contributed by atoms with van der Waals surface area (Å²) in [4.78, 5) is 0. The van der Waals surface area contributed by atoms with E-state index in [-0.39, 0.29) is 5.41 Å². The van der Waals surface area contributed by atoms with E-state index in [1.54, 1.807) is 6.07 Å². The van der Waals surface area contributed by atoms with E-state index in [0.717, 1.165) is 37.1 Å². The molecule has 0 saturated heterocycles. The summed E-state index contributed by atoms with van der Waals surface area (Å²) >= 11 is 3.56. The van der Waals surface area contributed by atoms with Gasteiger partial charge < -0.3 is 0 Å². The molecular weight excluding hydrogens is 298 g/mol. The van der Waals surface area contributed by atoms with Crippen molar-refractivity contribution in [2.45, 2.75) is 46.0 Å². The Balaban J connectivity index is 2.88. The molecular formula is C15H21BrF2. The normalized spacial score (nSPS) is 14.5. The molecule has 0 aliphatic carbocycles. The van der Waals surface area contributed by atoms with Crippen LogP contribution in [0.25, 0.3) is 0 Å². The van der Waals surface area contributed by atoms with Crippen molar-refractivity contribution in [2.24, 2.45) is 5.41 Å². The molecule has 0 aromatic heterocycles. The summed E-state index contributed by atoms with van der Waals surface area (Å²) in [5.41, 5.74) is 0.697. The minimum absolute atomic E-state index is 0.0781. The molecule has 0 bridgehead atoms. The van der Waals surface area contributed by atoms with Gasteiger partial charge in [-0.05, 0) is 36.3 Å². The van der Waals surface area contributed by atoms with Gasteiger partial charge in [0.05, 0.1) is 0 Å². The fourth-order valence-electron chi connectivity index (χ4n) is 2.22. The lowest BCUT2D eigenvalue weighted by atomic mass is 9.77. The van der Waals surface area contributed by atoms with E-state index >= 15 is 0 Å². The quantitative estimate of drug-likeness (QED) is 0.583. The van der Waals surface area contributed by atoms with Gasteiger partial charge in [0.15, 0.2) is 0 Å². The molecule has 0 aliphatic rings. The van der Waals surface area contributed by atoms with E-state index in [4.69, 9.17) is 0 Å². The van der Waals surface area contributed by atoms with Crippen LogP contribution in [0.1, 0.15) is 45.1 Å². The number of hydrogen-bond donors (Lipinski definition) is 0. The molecule has 0 aliphatic heterocycles. The molecule has 3 heteroatoms. The maximum absolute atomic E-state index is 13.7. The summed E-state index contributed by atoms with van der Waals surface area (Å²) < 4.78 is 26.6. The maximum Gasteiger partial charge on any atom is 0.129 e. The fraction of sp³-hybridized carbons (Fsp3) is 0.600. The Morgan fingerprint density at radius 3 is 2.44 bits per heavy atom. The lowest BCUT2D eigenvalue weighted by Crippen LogP contribution is -2.25. The van der Waals surface area contributed by atoms with Gasteiger partial charge in [-0.25, -0.2) is 8.78 Å². The number of halogens is 3. The SMILES string of the molecule is CCCCC(CC)(CBr)Cc1ccc(F)cc1F. The molecule has 0 fully saturated rings. The van der Waals surface area contributed by atoms with Crippen molar-refractivity contribution in [3.63, 3.8) is 0 Å². The predicted octanol–water partition coefficient (Wildman–Crippen LogP) is 5.49. The Morgan fingerprint density at radius 1 is 1.22 bits per heavy atom. The summed E-state index contributed by atoms with van der Waals surface area (Å²) in [7, 11) is 0. The van der Waals surface area contributed by atoms with Crippen LogP contribution in [0.15, 0.2) is 18.2 Å². The summed E-state index contributed by atoms with van der Waals surface area (Å²) in [6, 6.07) is 3.89. The van der Waals surface area contributed by atoms with Gasteiger partial charge in [0, 0.05) is 11.4 Å². The molecule has 1 atom stereocenters. The van der Waals surface area contributed by atoms with Crippen molar-refractivity contribution in [2.75, 3.05) is 5.33 Å². The zero-order valence-electron chi connectivity index (χ0n) is 11.1. The minimum atomic E-state index is -0.509. The van der Waals surface area contributed by atoms with Gasteiger partial charge in [-0.3, -0.25) is 0 Å². The molecule has 102 valence electrons. The molecule has 0 spiro atoms. The zero-order chi connectivity index (χ0) is 13.6. The lowest BCUT2D eigenvalue weighted by molar-refractivity contribution is 0.280. The second-order valence-corrected chi connectivity index (χ2v) is 5.56. The van der Waals surface area contributed by atoms with Gasteiger partial charge >= 0.3 is 0 Å². The highest BCUT2D eigenvalue weighted by atomic mass is 79.9. The van der Waals surface area contributed by atoms with E-state index in [1.807, 2.05) is 0 Å². The van der Waals surface area contributed by atoms with Gasteiger partial charge in [0.2, 0.25) is 0 Å². The predicted molar refractivity (Wildman–Crippen MR) is 76.1 cm³/mol. The average Bonchev–Trinajstić information content (AvgIpc) is 2.37. The van der Waals surface area contributed by atoms with Gasteiger partial charge in [-0.2, -0.15) is 0 Å². The van der Waals surface area contributed by atoms with E-state index < -0.39 is 11.6 Å². The molecule has 18 heavy (non-hydrogen) atoms. The molecule has 1 rings (SSSR count). The van der Waals surface area contributed by atoms with Gasteiger partial charge in [0.25, 0.3) is 0 Å². The van der Waals surface area contributed by atoms with Crippen molar-refractivity contribution in [3.8, 4) is 0 Å². The third kappa shape index (κ3) is 4.04. The van der Waals surface area contributed by atoms with E-state index in [9.17, 15) is 8.78 Å². The first-order chi connectivity index (χ1) is 8.56.